The number of carbonyl (C=O) groups excluding carboxylic acids is 2. The predicted octanol–water partition coefficient (Wildman–Crippen LogP) is 4.74. The van der Waals surface area contributed by atoms with E-state index in [0.717, 1.165) is 6.26 Å². The van der Waals surface area contributed by atoms with Gasteiger partial charge < -0.3 is 10.1 Å². The summed E-state index contributed by atoms with van der Waals surface area (Å²) < 4.78 is 31.1. The number of sulfonamides is 1. The summed E-state index contributed by atoms with van der Waals surface area (Å²) in [7, 11) is -3.61. The molecule has 0 unspecified atom stereocenters. The van der Waals surface area contributed by atoms with Gasteiger partial charge in [-0.1, -0.05) is 41.9 Å². The molecular weight excluding hydrogens is 464 g/mol. The van der Waals surface area contributed by atoms with Crippen molar-refractivity contribution in [2.45, 2.75) is 13.5 Å². The average molecular weight is 487 g/mol. The van der Waals surface area contributed by atoms with E-state index >= 15 is 0 Å². The van der Waals surface area contributed by atoms with Crippen LogP contribution in [0.25, 0.3) is 0 Å². The number of nitrogens with one attached hydrogen (secondary N) is 1. The highest BCUT2D eigenvalue weighted by molar-refractivity contribution is 7.92. The Hall–Kier alpha value is -3.36. The lowest BCUT2D eigenvalue weighted by Crippen LogP contribution is -2.29. The highest BCUT2D eigenvalue weighted by atomic mass is 35.5. The number of carbonyl (C=O) groups is 2. The lowest BCUT2D eigenvalue weighted by atomic mass is 10.1. The Kier molecular flexibility index (Phi) is 7.73. The summed E-state index contributed by atoms with van der Waals surface area (Å²) in [4.78, 5) is 24.9. The smallest absolute Gasteiger partial charge is 0.340 e. The van der Waals surface area contributed by atoms with Crippen molar-refractivity contribution in [3.8, 4) is 0 Å². The van der Waals surface area contributed by atoms with Gasteiger partial charge in [0, 0.05) is 10.6 Å². The standard InChI is InChI=1S/C24H23ClN2O5S/c1-3-32-24(29)20-9-5-7-11-22(20)26-23(28)17-12-14-19(15-13-17)27(33(2,30)31)16-18-8-4-6-10-21(18)25/h4-15H,3,16H2,1-2H3,(H,26,28). The van der Waals surface area contributed by atoms with E-state index in [-0.39, 0.29) is 18.7 Å². The van der Waals surface area contributed by atoms with Gasteiger partial charge in [-0.05, 0) is 55.0 Å². The van der Waals surface area contributed by atoms with Crippen molar-refractivity contribution in [2.75, 3.05) is 22.5 Å². The number of hydrogen-bond acceptors (Lipinski definition) is 5. The van der Waals surface area contributed by atoms with Crippen molar-refractivity contribution >= 4 is 44.9 Å². The number of hydrogen-bond donors (Lipinski definition) is 1. The van der Waals surface area contributed by atoms with Crippen molar-refractivity contribution < 1.29 is 22.7 Å². The summed E-state index contributed by atoms with van der Waals surface area (Å²) in [5.74, 6) is -0.984. The number of esters is 1. The molecule has 3 aromatic rings. The van der Waals surface area contributed by atoms with E-state index in [1.54, 1.807) is 67.6 Å². The van der Waals surface area contributed by atoms with Gasteiger partial charge >= 0.3 is 5.97 Å². The Bertz CT molecular complexity index is 1260. The summed E-state index contributed by atoms with van der Waals surface area (Å²) in [6.45, 7) is 1.97. The molecule has 0 aliphatic heterocycles. The molecule has 3 aromatic carbocycles. The van der Waals surface area contributed by atoms with E-state index in [4.69, 9.17) is 16.3 Å². The lowest BCUT2D eigenvalue weighted by molar-refractivity contribution is 0.0527. The molecule has 0 saturated heterocycles. The molecule has 0 spiro atoms. The van der Waals surface area contributed by atoms with Crippen LogP contribution in [0.1, 0.15) is 33.2 Å². The van der Waals surface area contributed by atoms with Crippen LogP contribution in [-0.4, -0.2) is 33.2 Å². The third kappa shape index (κ3) is 6.12. The second kappa shape index (κ2) is 10.5. The Labute approximate surface area is 198 Å². The number of para-hydroxylation sites is 1. The molecule has 33 heavy (non-hydrogen) atoms. The highest BCUT2D eigenvalue weighted by Gasteiger charge is 2.20. The third-order valence-electron chi connectivity index (χ3n) is 4.76. The predicted molar refractivity (Wildman–Crippen MR) is 129 cm³/mol. The number of benzene rings is 3. The number of nitrogens with zero attached hydrogens (tertiary/aromatic N) is 1. The molecular formula is C24H23ClN2O5S. The Balaban J connectivity index is 1.82. The lowest BCUT2D eigenvalue weighted by Gasteiger charge is -2.23. The van der Waals surface area contributed by atoms with Crippen molar-refractivity contribution in [2.24, 2.45) is 0 Å². The maximum Gasteiger partial charge on any atom is 0.340 e. The van der Waals surface area contributed by atoms with Gasteiger partial charge in [-0.3, -0.25) is 9.10 Å². The molecule has 7 nitrogen and oxygen atoms in total. The Morgan fingerprint density at radius 3 is 2.24 bits per heavy atom. The number of anilines is 2. The van der Waals surface area contributed by atoms with Gasteiger partial charge in [-0.15, -0.1) is 0 Å². The Morgan fingerprint density at radius 2 is 1.61 bits per heavy atom. The SMILES string of the molecule is CCOC(=O)c1ccccc1NC(=O)c1ccc(N(Cc2ccccc2Cl)S(C)(=O)=O)cc1. The summed E-state index contributed by atoms with van der Waals surface area (Å²) in [6.07, 6.45) is 1.11. The zero-order valence-corrected chi connectivity index (χ0v) is 19.7. The molecule has 0 saturated carbocycles. The molecule has 1 amide bonds. The van der Waals surface area contributed by atoms with Gasteiger partial charge in [0.2, 0.25) is 10.0 Å². The number of amides is 1. The Morgan fingerprint density at radius 1 is 0.970 bits per heavy atom. The first kappa shape index (κ1) is 24.3. The van der Waals surface area contributed by atoms with E-state index in [2.05, 4.69) is 5.32 Å². The van der Waals surface area contributed by atoms with Gasteiger partial charge in [0.1, 0.15) is 0 Å². The van der Waals surface area contributed by atoms with Crippen molar-refractivity contribution in [3.05, 3.63) is 94.5 Å². The zero-order valence-electron chi connectivity index (χ0n) is 18.1. The maximum absolute atomic E-state index is 12.7. The van der Waals surface area contributed by atoms with Crippen molar-refractivity contribution in [3.63, 3.8) is 0 Å². The molecule has 0 heterocycles. The molecule has 0 fully saturated rings. The first-order chi connectivity index (χ1) is 15.7. The van der Waals surface area contributed by atoms with Crippen LogP contribution < -0.4 is 9.62 Å². The van der Waals surface area contributed by atoms with Crippen LogP contribution in [0.15, 0.2) is 72.8 Å². The van der Waals surface area contributed by atoms with Gasteiger partial charge in [0.05, 0.1) is 36.3 Å². The third-order valence-corrected chi connectivity index (χ3v) is 6.27. The quantitative estimate of drug-likeness (QED) is 0.464. The molecule has 0 bridgehead atoms. The summed E-state index contributed by atoms with van der Waals surface area (Å²) in [5.41, 5.74) is 1.90. The van der Waals surface area contributed by atoms with Crippen LogP contribution in [0.3, 0.4) is 0 Å². The average Bonchev–Trinajstić information content (AvgIpc) is 2.78. The highest BCUT2D eigenvalue weighted by Crippen LogP contribution is 2.25. The summed E-state index contributed by atoms with van der Waals surface area (Å²) >= 11 is 6.20. The molecule has 9 heteroatoms. The fraction of sp³-hybridized carbons (Fsp3) is 0.167. The first-order valence-corrected chi connectivity index (χ1v) is 12.3. The van der Waals surface area contributed by atoms with Crippen molar-refractivity contribution in [1.29, 1.82) is 0 Å². The molecule has 0 radical (unpaired) electrons. The van der Waals surface area contributed by atoms with Gasteiger partial charge in [-0.2, -0.15) is 0 Å². The molecule has 0 atom stereocenters. The molecule has 1 N–H and O–H groups in total. The molecule has 0 aromatic heterocycles. The number of ether oxygens (including phenoxy) is 1. The maximum atomic E-state index is 12.7. The second-order valence-corrected chi connectivity index (χ2v) is 9.44. The first-order valence-electron chi connectivity index (χ1n) is 10.1. The minimum atomic E-state index is -3.61. The molecule has 0 aliphatic carbocycles. The second-order valence-electron chi connectivity index (χ2n) is 7.13. The molecule has 3 rings (SSSR count). The van der Waals surface area contributed by atoms with Crippen LogP contribution >= 0.6 is 11.6 Å². The van der Waals surface area contributed by atoms with E-state index in [0.29, 0.717) is 27.5 Å². The van der Waals surface area contributed by atoms with E-state index < -0.39 is 21.9 Å². The molecule has 172 valence electrons. The normalized spacial score (nSPS) is 11.0. The van der Waals surface area contributed by atoms with Crippen LogP contribution in [-0.2, 0) is 21.3 Å². The summed E-state index contributed by atoms with van der Waals surface area (Å²) in [5, 5.41) is 3.16. The van der Waals surface area contributed by atoms with Gasteiger partial charge in [0.15, 0.2) is 0 Å². The topological polar surface area (TPSA) is 92.8 Å². The zero-order chi connectivity index (χ0) is 24.0. The van der Waals surface area contributed by atoms with Crippen LogP contribution in [0.4, 0.5) is 11.4 Å². The number of halogens is 1. The van der Waals surface area contributed by atoms with Crippen molar-refractivity contribution in [1.82, 2.24) is 0 Å². The minimum Gasteiger partial charge on any atom is -0.462 e. The van der Waals surface area contributed by atoms with Gasteiger partial charge in [0.25, 0.3) is 5.91 Å². The fourth-order valence-electron chi connectivity index (χ4n) is 3.13. The number of rotatable bonds is 8. The monoisotopic (exact) mass is 486 g/mol. The van der Waals surface area contributed by atoms with E-state index in [9.17, 15) is 18.0 Å². The van der Waals surface area contributed by atoms with E-state index in [1.165, 1.54) is 16.4 Å². The van der Waals surface area contributed by atoms with Gasteiger partial charge in [-0.25, -0.2) is 13.2 Å². The van der Waals surface area contributed by atoms with Crippen LogP contribution in [0.5, 0.6) is 0 Å². The minimum absolute atomic E-state index is 0.0525. The van der Waals surface area contributed by atoms with Crippen LogP contribution in [0.2, 0.25) is 5.02 Å². The van der Waals surface area contributed by atoms with E-state index in [1.807, 2.05) is 0 Å². The fourth-order valence-corrected chi connectivity index (χ4v) is 4.21. The van der Waals surface area contributed by atoms with Crippen LogP contribution in [0, 0.1) is 0 Å². The molecule has 0 aliphatic rings. The largest absolute Gasteiger partial charge is 0.462 e. The summed E-state index contributed by atoms with van der Waals surface area (Å²) in [6, 6.07) is 19.7.